The number of hydrogen-bond donors (Lipinski definition) is 1. The first-order chi connectivity index (χ1) is 9.54. The molecule has 1 aromatic rings. The Hall–Kier alpha value is -1.55. The number of amides is 1. The molecule has 1 N–H and O–H groups in total. The first kappa shape index (κ1) is 14.9. The van der Waals surface area contributed by atoms with Crippen LogP contribution < -0.4 is 4.74 Å². The predicted molar refractivity (Wildman–Crippen MR) is 77.7 cm³/mol. The SMILES string of the molecule is CC(C)COc1ccc(CC(=O)N2CC[C@H](O)C2)cc1. The largest absolute Gasteiger partial charge is 0.493 e. The maximum Gasteiger partial charge on any atom is 0.227 e. The highest BCUT2D eigenvalue weighted by atomic mass is 16.5. The molecule has 0 aromatic heterocycles. The summed E-state index contributed by atoms with van der Waals surface area (Å²) >= 11 is 0. The molecule has 1 saturated heterocycles. The molecule has 1 aliphatic heterocycles. The van der Waals surface area contributed by atoms with E-state index in [0.29, 0.717) is 38.5 Å². The molecular formula is C16H23NO3. The highest BCUT2D eigenvalue weighted by Gasteiger charge is 2.24. The van der Waals surface area contributed by atoms with Gasteiger partial charge < -0.3 is 14.7 Å². The molecule has 0 radical (unpaired) electrons. The Labute approximate surface area is 120 Å². The average molecular weight is 277 g/mol. The van der Waals surface area contributed by atoms with Gasteiger partial charge in [-0.2, -0.15) is 0 Å². The van der Waals surface area contributed by atoms with E-state index in [1.54, 1.807) is 4.90 Å². The van der Waals surface area contributed by atoms with Gasteiger partial charge in [0.1, 0.15) is 5.75 Å². The second-order valence-electron chi connectivity index (χ2n) is 5.81. The lowest BCUT2D eigenvalue weighted by atomic mass is 10.1. The van der Waals surface area contributed by atoms with Gasteiger partial charge in [0.25, 0.3) is 0 Å². The summed E-state index contributed by atoms with van der Waals surface area (Å²) in [6, 6.07) is 7.67. The zero-order chi connectivity index (χ0) is 14.5. The standard InChI is InChI=1S/C16H23NO3/c1-12(2)11-20-15-5-3-13(4-6-15)9-16(19)17-8-7-14(18)10-17/h3-6,12,14,18H,7-11H2,1-2H3/t14-/m0/s1. The van der Waals surface area contributed by atoms with Crippen LogP contribution in [0.3, 0.4) is 0 Å². The molecule has 1 amide bonds. The third-order valence-corrected chi connectivity index (χ3v) is 3.38. The number of carbonyl (C=O) groups excluding carboxylic acids is 1. The Kier molecular flexibility index (Phi) is 5.01. The van der Waals surface area contributed by atoms with Crippen LogP contribution in [0.4, 0.5) is 0 Å². The van der Waals surface area contributed by atoms with Crippen LogP contribution in [-0.2, 0) is 11.2 Å². The van der Waals surface area contributed by atoms with Gasteiger partial charge in [0.2, 0.25) is 5.91 Å². The fourth-order valence-corrected chi connectivity index (χ4v) is 2.22. The van der Waals surface area contributed by atoms with Gasteiger partial charge in [-0.3, -0.25) is 4.79 Å². The van der Waals surface area contributed by atoms with Crippen molar-refractivity contribution in [3.63, 3.8) is 0 Å². The molecule has 20 heavy (non-hydrogen) atoms. The van der Waals surface area contributed by atoms with Gasteiger partial charge in [0, 0.05) is 13.1 Å². The van der Waals surface area contributed by atoms with Crippen molar-refractivity contribution in [1.82, 2.24) is 4.90 Å². The molecule has 2 rings (SSSR count). The number of aliphatic hydroxyl groups excluding tert-OH is 1. The summed E-state index contributed by atoms with van der Waals surface area (Å²) in [6.45, 7) is 6.04. The first-order valence-electron chi connectivity index (χ1n) is 7.22. The Morgan fingerprint density at radius 3 is 2.65 bits per heavy atom. The number of aliphatic hydroxyl groups is 1. The number of β-amino-alcohol motifs (C(OH)–C–C–N with tert-alkyl or cyclic N) is 1. The Bertz CT molecular complexity index is 442. The molecule has 1 fully saturated rings. The van der Waals surface area contributed by atoms with Gasteiger partial charge >= 0.3 is 0 Å². The van der Waals surface area contributed by atoms with E-state index in [-0.39, 0.29) is 12.0 Å². The number of hydrogen-bond acceptors (Lipinski definition) is 3. The molecule has 0 unspecified atom stereocenters. The highest BCUT2D eigenvalue weighted by molar-refractivity contribution is 5.79. The molecule has 1 aliphatic rings. The number of benzene rings is 1. The minimum atomic E-state index is -0.356. The quantitative estimate of drug-likeness (QED) is 0.893. The van der Waals surface area contributed by atoms with Crippen LogP contribution in [-0.4, -0.2) is 41.7 Å². The fraction of sp³-hybridized carbons (Fsp3) is 0.562. The van der Waals surface area contributed by atoms with Crippen molar-refractivity contribution in [2.45, 2.75) is 32.8 Å². The lowest BCUT2D eigenvalue weighted by Crippen LogP contribution is -2.30. The Morgan fingerprint density at radius 1 is 1.40 bits per heavy atom. The van der Waals surface area contributed by atoms with Crippen molar-refractivity contribution in [3.8, 4) is 5.75 Å². The lowest BCUT2D eigenvalue weighted by molar-refractivity contribution is -0.129. The van der Waals surface area contributed by atoms with Crippen molar-refractivity contribution >= 4 is 5.91 Å². The molecule has 1 heterocycles. The highest BCUT2D eigenvalue weighted by Crippen LogP contribution is 2.16. The maximum atomic E-state index is 12.0. The molecule has 0 bridgehead atoms. The van der Waals surface area contributed by atoms with E-state index in [2.05, 4.69) is 13.8 Å². The van der Waals surface area contributed by atoms with Gasteiger partial charge in [-0.15, -0.1) is 0 Å². The van der Waals surface area contributed by atoms with Gasteiger partial charge in [-0.05, 0) is 30.0 Å². The van der Waals surface area contributed by atoms with Crippen molar-refractivity contribution < 1.29 is 14.6 Å². The lowest BCUT2D eigenvalue weighted by Gasteiger charge is -2.15. The Balaban J connectivity index is 1.85. The molecule has 110 valence electrons. The van der Waals surface area contributed by atoms with Crippen molar-refractivity contribution in [2.24, 2.45) is 5.92 Å². The second kappa shape index (κ2) is 6.75. The van der Waals surface area contributed by atoms with Crippen LogP contribution in [0.25, 0.3) is 0 Å². The smallest absolute Gasteiger partial charge is 0.227 e. The van der Waals surface area contributed by atoms with E-state index >= 15 is 0 Å². The third-order valence-electron chi connectivity index (χ3n) is 3.38. The average Bonchev–Trinajstić information content (AvgIpc) is 2.85. The maximum absolute atomic E-state index is 12.0. The number of carbonyl (C=O) groups is 1. The monoisotopic (exact) mass is 277 g/mol. The molecule has 1 aromatic carbocycles. The van der Waals surface area contributed by atoms with Crippen LogP contribution in [0.1, 0.15) is 25.8 Å². The predicted octanol–water partition coefficient (Wildman–Crippen LogP) is 1.86. The van der Waals surface area contributed by atoms with E-state index < -0.39 is 0 Å². The molecular weight excluding hydrogens is 254 g/mol. The van der Waals surface area contributed by atoms with E-state index in [9.17, 15) is 9.90 Å². The van der Waals surface area contributed by atoms with Crippen LogP contribution in [0.2, 0.25) is 0 Å². The fourth-order valence-electron chi connectivity index (χ4n) is 2.22. The summed E-state index contributed by atoms with van der Waals surface area (Å²) in [5, 5.41) is 9.44. The topological polar surface area (TPSA) is 49.8 Å². The zero-order valence-electron chi connectivity index (χ0n) is 12.2. The number of ether oxygens (including phenoxy) is 1. The van der Waals surface area contributed by atoms with Gasteiger partial charge in [0.15, 0.2) is 0 Å². The second-order valence-corrected chi connectivity index (χ2v) is 5.81. The van der Waals surface area contributed by atoms with Crippen LogP contribution in [0.15, 0.2) is 24.3 Å². The minimum Gasteiger partial charge on any atom is -0.493 e. The van der Waals surface area contributed by atoms with Crippen molar-refractivity contribution in [1.29, 1.82) is 0 Å². The van der Waals surface area contributed by atoms with Crippen LogP contribution in [0.5, 0.6) is 5.75 Å². The van der Waals surface area contributed by atoms with E-state index in [4.69, 9.17) is 4.74 Å². The molecule has 0 aliphatic carbocycles. The van der Waals surface area contributed by atoms with Crippen LogP contribution >= 0.6 is 0 Å². The van der Waals surface area contributed by atoms with Gasteiger partial charge in [0.05, 0.1) is 19.1 Å². The van der Waals surface area contributed by atoms with E-state index in [1.807, 2.05) is 24.3 Å². The van der Waals surface area contributed by atoms with Gasteiger partial charge in [-0.25, -0.2) is 0 Å². The summed E-state index contributed by atoms with van der Waals surface area (Å²) in [4.78, 5) is 13.8. The molecule has 4 nitrogen and oxygen atoms in total. The Morgan fingerprint density at radius 2 is 2.10 bits per heavy atom. The summed E-state index contributed by atoms with van der Waals surface area (Å²) in [6.07, 6.45) is 0.719. The van der Waals surface area contributed by atoms with Crippen molar-refractivity contribution in [3.05, 3.63) is 29.8 Å². The van der Waals surface area contributed by atoms with E-state index in [0.717, 1.165) is 11.3 Å². The zero-order valence-corrected chi connectivity index (χ0v) is 12.2. The summed E-state index contributed by atoms with van der Waals surface area (Å²) in [5.74, 6) is 1.42. The number of nitrogens with zero attached hydrogens (tertiary/aromatic N) is 1. The summed E-state index contributed by atoms with van der Waals surface area (Å²) in [7, 11) is 0. The summed E-state index contributed by atoms with van der Waals surface area (Å²) in [5.41, 5.74) is 0.980. The number of rotatable bonds is 5. The molecule has 4 heteroatoms. The van der Waals surface area contributed by atoms with Crippen molar-refractivity contribution in [2.75, 3.05) is 19.7 Å². The number of likely N-dealkylation sites (tertiary alicyclic amines) is 1. The molecule has 0 spiro atoms. The van der Waals surface area contributed by atoms with Gasteiger partial charge in [-0.1, -0.05) is 26.0 Å². The normalized spacial score (nSPS) is 18.6. The van der Waals surface area contributed by atoms with Crippen LogP contribution in [0, 0.1) is 5.92 Å². The van der Waals surface area contributed by atoms with E-state index in [1.165, 1.54) is 0 Å². The molecule has 1 atom stereocenters. The third kappa shape index (κ3) is 4.23. The minimum absolute atomic E-state index is 0.0809. The first-order valence-corrected chi connectivity index (χ1v) is 7.22. The summed E-state index contributed by atoms with van der Waals surface area (Å²) < 4.78 is 5.61. The molecule has 0 saturated carbocycles.